The molecule has 90 valence electrons. The predicted molar refractivity (Wildman–Crippen MR) is 69.3 cm³/mol. The van der Waals surface area contributed by atoms with Crippen molar-refractivity contribution in [2.45, 2.75) is 25.2 Å². The number of aliphatic hydroxyl groups is 1. The number of aliphatic hydroxyl groups excluding tert-OH is 1. The third-order valence-electron chi connectivity index (χ3n) is 3.16. The van der Waals surface area contributed by atoms with Crippen LogP contribution in [0.2, 0.25) is 0 Å². The molecule has 1 fully saturated rings. The van der Waals surface area contributed by atoms with Gasteiger partial charge in [0.25, 0.3) is 0 Å². The topological polar surface area (TPSA) is 32.3 Å². The molecule has 0 saturated carbocycles. The van der Waals surface area contributed by atoms with Crippen LogP contribution in [0.25, 0.3) is 0 Å². The summed E-state index contributed by atoms with van der Waals surface area (Å²) in [7, 11) is 0. The van der Waals surface area contributed by atoms with Gasteiger partial charge < -0.3 is 10.4 Å². The summed E-state index contributed by atoms with van der Waals surface area (Å²) >= 11 is 0. The van der Waals surface area contributed by atoms with Gasteiger partial charge >= 0.3 is 0 Å². The molecule has 0 atom stereocenters. The van der Waals surface area contributed by atoms with E-state index < -0.39 is 0 Å². The van der Waals surface area contributed by atoms with E-state index in [2.05, 4.69) is 29.6 Å². The van der Waals surface area contributed by atoms with Crippen molar-refractivity contribution in [3.05, 3.63) is 35.4 Å². The number of hydrogen-bond donors (Lipinski definition) is 2. The van der Waals surface area contributed by atoms with Gasteiger partial charge in [0.15, 0.2) is 0 Å². The van der Waals surface area contributed by atoms with Gasteiger partial charge in [-0.25, -0.2) is 0 Å². The summed E-state index contributed by atoms with van der Waals surface area (Å²) in [4.78, 5) is 0. The summed E-state index contributed by atoms with van der Waals surface area (Å²) in [5.41, 5.74) is 2.70. The first kappa shape index (κ1) is 13.5. The summed E-state index contributed by atoms with van der Waals surface area (Å²) in [5, 5.41) is 12.3. The second-order valence-corrected chi connectivity index (χ2v) is 4.24. The number of halogens is 1. The fourth-order valence-electron chi connectivity index (χ4n) is 2.29. The molecule has 1 aromatic carbocycles. The van der Waals surface area contributed by atoms with Gasteiger partial charge in [-0.3, -0.25) is 0 Å². The number of hydrogen-bond acceptors (Lipinski definition) is 2. The summed E-state index contributed by atoms with van der Waals surface area (Å²) < 4.78 is 0. The molecule has 1 aliphatic heterocycles. The monoisotopic (exact) mass is 241 g/mol. The van der Waals surface area contributed by atoms with Gasteiger partial charge in [0.1, 0.15) is 0 Å². The SMILES string of the molecule is Cl.OCCc1cccc(C2CCNCC2)c1. The van der Waals surface area contributed by atoms with Crippen molar-refractivity contribution in [2.24, 2.45) is 0 Å². The maximum Gasteiger partial charge on any atom is 0.0471 e. The van der Waals surface area contributed by atoms with Crippen molar-refractivity contribution in [3.8, 4) is 0 Å². The average molecular weight is 242 g/mol. The van der Waals surface area contributed by atoms with Gasteiger partial charge in [-0.1, -0.05) is 24.3 Å². The van der Waals surface area contributed by atoms with Gasteiger partial charge in [-0.15, -0.1) is 12.4 Å². The Morgan fingerprint density at radius 1 is 1.25 bits per heavy atom. The third-order valence-corrected chi connectivity index (χ3v) is 3.16. The minimum absolute atomic E-state index is 0. The Bertz CT molecular complexity index is 311. The minimum Gasteiger partial charge on any atom is -0.396 e. The second-order valence-electron chi connectivity index (χ2n) is 4.24. The highest BCUT2D eigenvalue weighted by atomic mass is 35.5. The van der Waals surface area contributed by atoms with Crippen molar-refractivity contribution >= 4 is 12.4 Å². The number of benzene rings is 1. The quantitative estimate of drug-likeness (QED) is 0.850. The lowest BCUT2D eigenvalue weighted by Crippen LogP contribution is -2.26. The molecular formula is C13H20ClNO. The fraction of sp³-hybridized carbons (Fsp3) is 0.538. The maximum atomic E-state index is 8.91. The zero-order chi connectivity index (χ0) is 10.5. The van der Waals surface area contributed by atoms with Crippen LogP contribution < -0.4 is 5.32 Å². The van der Waals surface area contributed by atoms with E-state index in [4.69, 9.17) is 5.11 Å². The molecule has 0 unspecified atom stereocenters. The van der Waals surface area contributed by atoms with E-state index in [-0.39, 0.29) is 19.0 Å². The Labute approximate surface area is 103 Å². The summed E-state index contributed by atoms with van der Waals surface area (Å²) in [5.74, 6) is 0.713. The molecule has 1 saturated heterocycles. The molecular weight excluding hydrogens is 222 g/mol. The molecule has 0 aromatic heterocycles. The van der Waals surface area contributed by atoms with Crippen LogP contribution in [-0.4, -0.2) is 24.8 Å². The van der Waals surface area contributed by atoms with E-state index in [0.29, 0.717) is 5.92 Å². The molecule has 0 aliphatic carbocycles. The largest absolute Gasteiger partial charge is 0.396 e. The van der Waals surface area contributed by atoms with Gasteiger partial charge in [0.05, 0.1) is 0 Å². The van der Waals surface area contributed by atoms with Gasteiger partial charge in [0.2, 0.25) is 0 Å². The molecule has 0 bridgehead atoms. The highest BCUT2D eigenvalue weighted by Crippen LogP contribution is 2.25. The molecule has 1 aromatic rings. The lowest BCUT2D eigenvalue weighted by molar-refractivity contribution is 0.299. The molecule has 0 spiro atoms. The molecule has 16 heavy (non-hydrogen) atoms. The molecule has 2 N–H and O–H groups in total. The third kappa shape index (κ3) is 3.48. The normalized spacial score (nSPS) is 16.8. The van der Waals surface area contributed by atoms with E-state index in [1.807, 2.05) is 0 Å². The summed E-state index contributed by atoms with van der Waals surface area (Å²) in [6, 6.07) is 8.69. The van der Waals surface area contributed by atoms with Crippen molar-refractivity contribution in [1.29, 1.82) is 0 Å². The minimum atomic E-state index is 0. The first-order valence-electron chi connectivity index (χ1n) is 5.80. The molecule has 0 amide bonds. The maximum absolute atomic E-state index is 8.91. The van der Waals surface area contributed by atoms with Crippen LogP contribution >= 0.6 is 12.4 Å². The average Bonchev–Trinajstić information content (AvgIpc) is 2.31. The highest BCUT2D eigenvalue weighted by Gasteiger charge is 2.14. The number of nitrogens with one attached hydrogen (secondary N) is 1. The Hall–Kier alpha value is -0.570. The molecule has 2 nitrogen and oxygen atoms in total. The van der Waals surface area contributed by atoms with Gasteiger partial charge in [0, 0.05) is 6.61 Å². The van der Waals surface area contributed by atoms with Crippen molar-refractivity contribution in [3.63, 3.8) is 0 Å². The van der Waals surface area contributed by atoms with Crippen LogP contribution in [0, 0.1) is 0 Å². The lowest BCUT2D eigenvalue weighted by atomic mass is 9.89. The summed E-state index contributed by atoms with van der Waals surface area (Å²) in [6.07, 6.45) is 3.25. The summed E-state index contributed by atoms with van der Waals surface area (Å²) in [6.45, 7) is 2.51. The van der Waals surface area contributed by atoms with E-state index in [1.54, 1.807) is 0 Å². The first-order chi connectivity index (χ1) is 7.40. The standard InChI is InChI=1S/C13H19NO.ClH/c15-9-6-11-2-1-3-13(10-11)12-4-7-14-8-5-12;/h1-3,10,12,14-15H,4-9H2;1H. The van der Waals surface area contributed by atoms with Crippen LogP contribution in [-0.2, 0) is 6.42 Å². The molecule has 3 heteroatoms. The van der Waals surface area contributed by atoms with Gasteiger partial charge in [-0.05, 0) is 49.4 Å². The molecule has 1 heterocycles. The van der Waals surface area contributed by atoms with Crippen LogP contribution in [0.1, 0.15) is 29.9 Å². The Balaban J connectivity index is 0.00000128. The van der Waals surface area contributed by atoms with Crippen LogP contribution in [0.3, 0.4) is 0 Å². The van der Waals surface area contributed by atoms with Crippen molar-refractivity contribution in [1.82, 2.24) is 5.32 Å². The molecule has 2 rings (SSSR count). The highest BCUT2D eigenvalue weighted by molar-refractivity contribution is 5.85. The Kier molecular flexibility index (Phi) is 5.81. The molecule has 1 aliphatic rings. The van der Waals surface area contributed by atoms with Crippen LogP contribution in [0.4, 0.5) is 0 Å². The van der Waals surface area contributed by atoms with E-state index in [0.717, 1.165) is 19.5 Å². The van der Waals surface area contributed by atoms with Crippen LogP contribution in [0.15, 0.2) is 24.3 Å². The Morgan fingerprint density at radius 2 is 2.00 bits per heavy atom. The lowest BCUT2D eigenvalue weighted by Gasteiger charge is -2.23. The van der Waals surface area contributed by atoms with Gasteiger partial charge in [-0.2, -0.15) is 0 Å². The number of rotatable bonds is 3. The van der Waals surface area contributed by atoms with E-state index in [1.165, 1.54) is 24.0 Å². The second kappa shape index (κ2) is 6.89. The zero-order valence-electron chi connectivity index (χ0n) is 9.48. The van der Waals surface area contributed by atoms with E-state index >= 15 is 0 Å². The van der Waals surface area contributed by atoms with E-state index in [9.17, 15) is 0 Å². The first-order valence-corrected chi connectivity index (χ1v) is 5.80. The predicted octanol–water partition coefficient (Wildman–Crippen LogP) is 2.11. The fourth-order valence-corrected chi connectivity index (χ4v) is 2.29. The Morgan fingerprint density at radius 3 is 2.69 bits per heavy atom. The van der Waals surface area contributed by atoms with Crippen molar-refractivity contribution < 1.29 is 5.11 Å². The number of piperidine rings is 1. The smallest absolute Gasteiger partial charge is 0.0471 e. The zero-order valence-corrected chi connectivity index (χ0v) is 10.3. The van der Waals surface area contributed by atoms with Crippen molar-refractivity contribution in [2.75, 3.05) is 19.7 Å². The van der Waals surface area contributed by atoms with Crippen LogP contribution in [0.5, 0.6) is 0 Å². The molecule has 0 radical (unpaired) electrons.